The van der Waals surface area contributed by atoms with Crippen LogP contribution in [0.25, 0.3) is 16.5 Å². The third kappa shape index (κ3) is 2.23. The molecule has 1 aromatic heterocycles. The van der Waals surface area contributed by atoms with Gasteiger partial charge in [-0.05, 0) is 11.6 Å². The Labute approximate surface area is 143 Å². The van der Waals surface area contributed by atoms with E-state index in [1.165, 1.54) is 4.90 Å². The van der Waals surface area contributed by atoms with E-state index in [4.69, 9.17) is 11.6 Å². The first-order chi connectivity index (χ1) is 11.7. The summed E-state index contributed by atoms with van der Waals surface area (Å²) < 4.78 is 0. The number of halogens is 1. The van der Waals surface area contributed by atoms with Crippen LogP contribution in [0.1, 0.15) is 11.1 Å². The van der Waals surface area contributed by atoms with E-state index in [-0.39, 0.29) is 23.1 Å². The lowest BCUT2D eigenvalue weighted by atomic mass is 10.1. The Bertz CT molecular complexity index is 989. The number of nitrogens with zero attached hydrogens (tertiary/aromatic N) is 1. The zero-order valence-electron chi connectivity index (χ0n) is 12.6. The standard InChI is InChI=1S/C19H13ClN2O2/c20-17-16(14-10-21-15-9-5-4-8-13(14)15)18(23)22(19(17)24)11-12-6-2-1-3-7-12/h1-10,21H,11H2. The molecule has 0 atom stereocenters. The highest BCUT2D eigenvalue weighted by molar-refractivity contribution is 6.55. The number of imide groups is 1. The highest BCUT2D eigenvalue weighted by Gasteiger charge is 2.38. The van der Waals surface area contributed by atoms with Crippen molar-refractivity contribution in [1.82, 2.24) is 9.88 Å². The molecular formula is C19H13ClN2O2. The third-order valence-corrected chi connectivity index (χ3v) is 4.50. The van der Waals surface area contributed by atoms with Gasteiger partial charge in [-0.15, -0.1) is 0 Å². The number of fused-ring (bicyclic) bond motifs is 1. The normalized spacial score (nSPS) is 15.0. The molecule has 0 bridgehead atoms. The lowest BCUT2D eigenvalue weighted by molar-refractivity contribution is -0.137. The fourth-order valence-corrected chi connectivity index (χ4v) is 3.25. The summed E-state index contributed by atoms with van der Waals surface area (Å²) in [6, 6.07) is 17.0. The van der Waals surface area contributed by atoms with E-state index >= 15 is 0 Å². The van der Waals surface area contributed by atoms with E-state index in [1.807, 2.05) is 54.6 Å². The molecule has 0 saturated carbocycles. The van der Waals surface area contributed by atoms with Gasteiger partial charge in [0.1, 0.15) is 5.03 Å². The summed E-state index contributed by atoms with van der Waals surface area (Å²) in [5.74, 6) is -0.815. The minimum atomic E-state index is -0.453. The molecule has 0 radical (unpaired) electrons. The van der Waals surface area contributed by atoms with Crippen molar-refractivity contribution in [3.63, 3.8) is 0 Å². The van der Waals surface area contributed by atoms with Crippen molar-refractivity contribution in [2.75, 3.05) is 0 Å². The van der Waals surface area contributed by atoms with E-state index in [0.29, 0.717) is 5.56 Å². The maximum atomic E-state index is 12.8. The first-order valence-corrected chi connectivity index (χ1v) is 7.91. The molecule has 2 amide bonds. The van der Waals surface area contributed by atoms with Crippen LogP contribution in [0.2, 0.25) is 0 Å². The highest BCUT2D eigenvalue weighted by atomic mass is 35.5. The van der Waals surface area contributed by atoms with Crippen LogP contribution in [-0.2, 0) is 16.1 Å². The third-order valence-electron chi connectivity index (χ3n) is 4.15. The molecule has 0 fully saturated rings. The number of hydrogen-bond donors (Lipinski definition) is 1. The molecule has 4 rings (SSSR count). The van der Waals surface area contributed by atoms with Crippen molar-refractivity contribution >= 4 is 39.9 Å². The van der Waals surface area contributed by atoms with Crippen LogP contribution in [0, 0.1) is 0 Å². The van der Waals surface area contributed by atoms with E-state index < -0.39 is 5.91 Å². The number of H-pyrrole nitrogens is 1. The minimum absolute atomic E-state index is 0.0271. The molecule has 0 saturated heterocycles. The maximum absolute atomic E-state index is 12.8. The molecule has 5 heteroatoms. The summed E-state index contributed by atoms with van der Waals surface area (Å²) in [7, 11) is 0. The number of para-hydroxylation sites is 1. The SMILES string of the molecule is O=C1C(Cl)=C(c2c[nH]c3ccccc23)C(=O)N1Cc1ccccc1. The molecule has 1 aliphatic rings. The number of aromatic amines is 1. The lowest BCUT2D eigenvalue weighted by Crippen LogP contribution is -2.30. The van der Waals surface area contributed by atoms with Crippen LogP contribution >= 0.6 is 11.6 Å². The Hall–Kier alpha value is -2.85. The van der Waals surface area contributed by atoms with Gasteiger partial charge in [-0.1, -0.05) is 60.1 Å². The molecule has 0 aliphatic carbocycles. The Morgan fingerprint density at radius 1 is 0.917 bits per heavy atom. The largest absolute Gasteiger partial charge is 0.361 e. The Balaban J connectivity index is 1.74. The first kappa shape index (κ1) is 14.7. The van der Waals surface area contributed by atoms with Gasteiger partial charge >= 0.3 is 0 Å². The summed E-state index contributed by atoms with van der Waals surface area (Å²) in [5.41, 5.74) is 2.69. The van der Waals surface area contributed by atoms with Gasteiger partial charge in [0.15, 0.2) is 0 Å². The van der Waals surface area contributed by atoms with Gasteiger partial charge in [-0.2, -0.15) is 0 Å². The highest BCUT2D eigenvalue weighted by Crippen LogP contribution is 2.35. The van der Waals surface area contributed by atoms with Gasteiger partial charge < -0.3 is 4.98 Å². The summed E-state index contributed by atoms with van der Waals surface area (Å²) in [6.07, 6.45) is 1.72. The van der Waals surface area contributed by atoms with Crippen molar-refractivity contribution in [1.29, 1.82) is 0 Å². The number of carbonyl (C=O) groups is 2. The average Bonchev–Trinajstić information content (AvgIpc) is 3.11. The van der Waals surface area contributed by atoms with Crippen molar-refractivity contribution in [3.05, 3.63) is 77.0 Å². The number of hydrogen-bond acceptors (Lipinski definition) is 2. The lowest BCUT2D eigenvalue weighted by Gasteiger charge is -2.14. The number of aromatic nitrogens is 1. The van der Waals surface area contributed by atoms with Crippen LogP contribution in [0.3, 0.4) is 0 Å². The number of benzene rings is 2. The average molecular weight is 337 g/mol. The zero-order chi connectivity index (χ0) is 16.7. The number of amides is 2. The van der Waals surface area contributed by atoms with Crippen molar-refractivity contribution < 1.29 is 9.59 Å². The van der Waals surface area contributed by atoms with Crippen LogP contribution in [0.5, 0.6) is 0 Å². The fraction of sp³-hybridized carbons (Fsp3) is 0.0526. The van der Waals surface area contributed by atoms with Crippen LogP contribution in [0.4, 0.5) is 0 Å². The predicted molar refractivity (Wildman–Crippen MR) is 93.1 cm³/mol. The first-order valence-electron chi connectivity index (χ1n) is 7.53. The Morgan fingerprint density at radius 3 is 2.42 bits per heavy atom. The molecule has 1 aliphatic heterocycles. The smallest absolute Gasteiger partial charge is 0.273 e. The van der Waals surface area contributed by atoms with Crippen molar-refractivity contribution in [2.45, 2.75) is 6.54 Å². The Kier molecular flexibility index (Phi) is 3.47. The van der Waals surface area contributed by atoms with Gasteiger partial charge in [-0.3, -0.25) is 14.5 Å². The summed E-state index contributed by atoms with van der Waals surface area (Å²) >= 11 is 6.23. The molecule has 118 valence electrons. The minimum Gasteiger partial charge on any atom is -0.361 e. The van der Waals surface area contributed by atoms with Crippen molar-refractivity contribution in [3.8, 4) is 0 Å². The second-order valence-electron chi connectivity index (χ2n) is 5.62. The van der Waals surface area contributed by atoms with E-state index in [2.05, 4.69) is 4.98 Å². The molecule has 3 aromatic rings. The topological polar surface area (TPSA) is 53.2 Å². The maximum Gasteiger partial charge on any atom is 0.273 e. The molecule has 0 unspecified atom stereocenters. The number of rotatable bonds is 3. The van der Waals surface area contributed by atoms with Crippen molar-refractivity contribution in [2.24, 2.45) is 0 Å². The fourth-order valence-electron chi connectivity index (χ4n) is 2.97. The molecule has 4 nitrogen and oxygen atoms in total. The van der Waals surface area contributed by atoms with Gasteiger partial charge in [0.2, 0.25) is 0 Å². The zero-order valence-corrected chi connectivity index (χ0v) is 13.4. The summed E-state index contributed by atoms with van der Waals surface area (Å²) in [6.45, 7) is 0.209. The molecule has 0 spiro atoms. The quantitative estimate of drug-likeness (QED) is 0.742. The van der Waals surface area contributed by atoms with Crippen LogP contribution < -0.4 is 0 Å². The van der Waals surface area contributed by atoms with Gasteiger partial charge in [0.25, 0.3) is 11.8 Å². The molecule has 2 heterocycles. The summed E-state index contributed by atoms with van der Waals surface area (Å²) in [4.78, 5) is 29.6. The molecular weight excluding hydrogens is 324 g/mol. The predicted octanol–water partition coefficient (Wildman–Crippen LogP) is 3.69. The van der Waals surface area contributed by atoms with Gasteiger partial charge in [-0.25, -0.2) is 0 Å². The molecule has 1 N–H and O–H groups in total. The van der Waals surface area contributed by atoms with Crippen LogP contribution in [-0.4, -0.2) is 21.7 Å². The van der Waals surface area contributed by atoms with E-state index in [1.54, 1.807) is 6.20 Å². The van der Waals surface area contributed by atoms with Gasteiger partial charge in [0.05, 0.1) is 12.1 Å². The van der Waals surface area contributed by atoms with E-state index in [9.17, 15) is 9.59 Å². The van der Waals surface area contributed by atoms with Crippen LogP contribution in [0.15, 0.2) is 65.8 Å². The van der Waals surface area contributed by atoms with Gasteiger partial charge in [0, 0.05) is 22.7 Å². The summed E-state index contributed by atoms with van der Waals surface area (Å²) in [5, 5.41) is 0.842. The molecule has 2 aromatic carbocycles. The Morgan fingerprint density at radius 2 is 1.62 bits per heavy atom. The second-order valence-corrected chi connectivity index (χ2v) is 6.00. The molecule has 24 heavy (non-hydrogen) atoms. The number of carbonyl (C=O) groups excluding carboxylic acids is 2. The number of nitrogens with one attached hydrogen (secondary N) is 1. The monoisotopic (exact) mass is 336 g/mol. The van der Waals surface area contributed by atoms with E-state index in [0.717, 1.165) is 16.5 Å². The second kappa shape index (κ2) is 5.65.